The maximum absolute atomic E-state index is 8.79. The van der Waals surface area contributed by atoms with Gasteiger partial charge in [-0.05, 0) is 59.3 Å². The van der Waals surface area contributed by atoms with Crippen molar-refractivity contribution in [3.8, 4) is 11.5 Å². The highest BCUT2D eigenvalue weighted by molar-refractivity contribution is 9.10. The highest BCUT2D eigenvalue weighted by Gasteiger charge is 2.20. The molecule has 1 aliphatic carbocycles. The molecular weight excluding hydrogens is 322 g/mol. The molecule has 0 spiro atoms. The van der Waals surface area contributed by atoms with E-state index in [0.29, 0.717) is 19.2 Å². The van der Waals surface area contributed by atoms with E-state index in [1.54, 1.807) is 7.11 Å². The van der Waals surface area contributed by atoms with Gasteiger partial charge >= 0.3 is 0 Å². The predicted octanol–water partition coefficient (Wildman–Crippen LogP) is 2.86. The fraction of sp³-hybridized carbons (Fsp3) is 0.600. The summed E-state index contributed by atoms with van der Waals surface area (Å²) in [5.41, 5.74) is 1.10. The molecule has 1 saturated carbocycles. The van der Waals surface area contributed by atoms with Crippen LogP contribution >= 0.6 is 15.9 Å². The van der Waals surface area contributed by atoms with Gasteiger partial charge in [0, 0.05) is 13.1 Å². The molecular formula is C15H22BrNO3. The van der Waals surface area contributed by atoms with Crippen molar-refractivity contribution in [1.82, 2.24) is 5.32 Å². The number of benzene rings is 1. The number of halogens is 1. The first-order chi connectivity index (χ1) is 9.74. The van der Waals surface area contributed by atoms with Crippen molar-refractivity contribution in [3.63, 3.8) is 0 Å². The van der Waals surface area contributed by atoms with Crippen molar-refractivity contribution in [2.24, 2.45) is 0 Å². The third-order valence-corrected chi connectivity index (χ3v) is 4.08. The topological polar surface area (TPSA) is 50.7 Å². The van der Waals surface area contributed by atoms with Crippen molar-refractivity contribution in [2.75, 3.05) is 20.3 Å². The van der Waals surface area contributed by atoms with Gasteiger partial charge in [-0.1, -0.05) is 0 Å². The number of hydrogen-bond acceptors (Lipinski definition) is 4. The normalized spacial score (nSPS) is 15.6. The fourth-order valence-corrected chi connectivity index (χ4v) is 3.06. The maximum Gasteiger partial charge on any atom is 0.175 e. The summed E-state index contributed by atoms with van der Waals surface area (Å²) in [6, 6.07) is 4.02. The lowest BCUT2D eigenvalue weighted by Gasteiger charge is -2.18. The van der Waals surface area contributed by atoms with Gasteiger partial charge in [-0.25, -0.2) is 0 Å². The summed E-state index contributed by atoms with van der Waals surface area (Å²) in [4.78, 5) is 0. The van der Waals surface area contributed by atoms with Gasteiger partial charge in [0.25, 0.3) is 0 Å². The quantitative estimate of drug-likeness (QED) is 0.747. The van der Waals surface area contributed by atoms with E-state index in [2.05, 4.69) is 21.2 Å². The molecule has 0 atom stereocenters. The van der Waals surface area contributed by atoms with E-state index in [1.165, 1.54) is 12.8 Å². The second-order valence-corrected chi connectivity index (χ2v) is 5.89. The highest BCUT2D eigenvalue weighted by atomic mass is 79.9. The van der Waals surface area contributed by atoms with E-state index in [-0.39, 0.29) is 6.61 Å². The Labute approximate surface area is 128 Å². The number of ether oxygens (including phenoxy) is 2. The minimum absolute atomic E-state index is 0.140. The van der Waals surface area contributed by atoms with Crippen molar-refractivity contribution in [2.45, 2.75) is 38.3 Å². The number of rotatable bonds is 7. The standard InChI is InChI=1S/C15H22BrNO3/c1-19-14-9-11(10-17-6-7-18)8-13(16)15(14)20-12-4-2-3-5-12/h8-9,12,17-18H,2-7,10H2,1H3. The van der Waals surface area contributed by atoms with Crippen molar-refractivity contribution < 1.29 is 14.6 Å². The molecule has 0 bridgehead atoms. The highest BCUT2D eigenvalue weighted by Crippen LogP contribution is 2.39. The molecule has 0 unspecified atom stereocenters. The van der Waals surface area contributed by atoms with Gasteiger partial charge in [-0.2, -0.15) is 0 Å². The van der Waals surface area contributed by atoms with Gasteiger partial charge in [-0.3, -0.25) is 0 Å². The zero-order chi connectivity index (χ0) is 14.4. The van der Waals surface area contributed by atoms with Crippen LogP contribution in [0.5, 0.6) is 11.5 Å². The molecule has 0 amide bonds. The van der Waals surface area contributed by atoms with Crippen LogP contribution in [0.1, 0.15) is 31.2 Å². The second kappa shape index (κ2) is 7.86. The molecule has 112 valence electrons. The molecule has 2 N–H and O–H groups in total. The largest absolute Gasteiger partial charge is 0.493 e. The van der Waals surface area contributed by atoms with Crippen LogP contribution in [-0.2, 0) is 6.54 Å². The first-order valence-electron chi connectivity index (χ1n) is 7.09. The van der Waals surface area contributed by atoms with Crippen LogP contribution in [0.25, 0.3) is 0 Å². The van der Waals surface area contributed by atoms with Gasteiger partial charge < -0.3 is 19.9 Å². The molecule has 5 heteroatoms. The summed E-state index contributed by atoms with van der Waals surface area (Å²) in [5.74, 6) is 1.55. The van der Waals surface area contributed by atoms with E-state index in [9.17, 15) is 0 Å². The predicted molar refractivity (Wildman–Crippen MR) is 82.4 cm³/mol. The zero-order valence-electron chi connectivity index (χ0n) is 11.8. The number of methoxy groups -OCH3 is 1. The Balaban J connectivity index is 2.10. The van der Waals surface area contributed by atoms with Crippen LogP contribution in [0.4, 0.5) is 0 Å². The lowest BCUT2D eigenvalue weighted by Crippen LogP contribution is -2.17. The fourth-order valence-electron chi connectivity index (χ4n) is 2.47. The van der Waals surface area contributed by atoms with Crippen molar-refractivity contribution in [3.05, 3.63) is 22.2 Å². The molecule has 0 aliphatic heterocycles. The molecule has 2 rings (SSSR count). The Morgan fingerprint density at radius 1 is 1.35 bits per heavy atom. The summed E-state index contributed by atoms with van der Waals surface area (Å²) in [5, 5.41) is 11.9. The SMILES string of the molecule is COc1cc(CNCCO)cc(Br)c1OC1CCCC1. The summed E-state index contributed by atoms with van der Waals surface area (Å²) in [6.45, 7) is 1.42. The lowest BCUT2D eigenvalue weighted by molar-refractivity contribution is 0.199. The average Bonchev–Trinajstić information content (AvgIpc) is 2.94. The van der Waals surface area contributed by atoms with E-state index < -0.39 is 0 Å². The van der Waals surface area contributed by atoms with Crippen LogP contribution in [0, 0.1) is 0 Å². The second-order valence-electron chi connectivity index (χ2n) is 5.03. The van der Waals surface area contributed by atoms with Crippen LogP contribution in [0.3, 0.4) is 0 Å². The van der Waals surface area contributed by atoms with Gasteiger partial charge in [0.1, 0.15) is 0 Å². The van der Waals surface area contributed by atoms with E-state index in [1.807, 2.05) is 12.1 Å². The summed E-state index contributed by atoms with van der Waals surface area (Å²) < 4.78 is 12.4. The molecule has 4 nitrogen and oxygen atoms in total. The average molecular weight is 344 g/mol. The summed E-state index contributed by atoms with van der Waals surface area (Å²) in [7, 11) is 1.66. The first-order valence-corrected chi connectivity index (χ1v) is 7.88. The smallest absolute Gasteiger partial charge is 0.175 e. The number of nitrogens with one attached hydrogen (secondary N) is 1. The van der Waals surface area contributed by atoms with Crippen molar-refractivity contribution >= 4 is 15.9 Å². The van der Waals surface area contributed by atoms with E-state index in [0.717, 1.165) is 34.4 Å². The van der Waals surface area contributed by atoms with Gasteiger partial charge in [0.2, 0.25) is 0 Å². The monoisotopic (exact) mass is 343 g/mol. The maximum atomic E-state index is 8.79. The summed E-state index contributed by atoms with van der Waals surface area (Å²) >= 11 is 3.57. The van der Waals surface area contributed by atoms with Crippen molar-refractivity contribution in [1.29, 1.82) is 0 Å². The lowest BCUT2D eigenvalue weighted by atomic mass is 10.2. The summed E-state index contributed by atoms with van der Waals surface area (Å²) in [6.07, 6.45) is 5.03. The molecule has 0 heterocycles. The molecule has 20 heavy (non-hydrogen) atoms. The van der Waals surface area contributed by atoms with Crippen LogP contribution < -0.4 is 14.8 Å². The number of hydrogen-bond donors (Lipinski definition) is 2. The van der Waals surface area contributed by atoms with Crippen LogP contribution in [0.2, 0.25) is 0 Å². The third kappa shape index (κ3) is 4.11. The van der Waals surface area contributed by atoms with Gasteiger partial charge in [0.05, 0.1) is 24.3 Å². The molecule has 0 aromatic heterocycles. The Hall–Kier alpha value is -0.780. The molecule has 0 radical (unpaired) electrons. The number of aliphatic hydroxyl groups excluding tert-OH is 1. The molecule has 0 saturated heterocycles. The van der Waals surface area contributed by atoms with Crippen LogP contribution in [0.15, 0.2) is 16.6 Å². The molecule has 1 aromatic rings. The Bertz CT molecular complexity index is 433. The number of aliphatic hydroxyl groups is 1. The molecule has 1 fully saturated rings. The first kappa shape index (κ1) is 15.6. The minimum atomic E-state index is 0.140. The Morgan fingerprint density at radius 3 is 2.75 bits per heavy atom. The Morgan fingerprint density at radius 2 is 2.10 bits per heavy atom. The van der Waals surface area contributed by atoms with E-state index >= 15 is 0 Å². The van der Waals surface area contributed by atoms with Crippen LogP contribution in [-0.4, -0.2) is 31.5 Å². The Kier molecular flexibility index (Phi) is 6.13. The zero-order valence-corrected chi connectivity index (χ0v) is 13.4. The van der Waals surface area contributed by atoms with Gasteiger partial charge in [0.15, 0.2) is 11.5 Å². The van der Waals surface area contributed by atoms with Gasteiger partial charge in [-0.15, -0.1) is 0 Å². The van der Waals surface area contributed by atoms with E-state index in [4.69, 9.17) is 14.6 Å². The molecule has 1 aliphatic rings. The minimum Gasteiger partial charge on any atom is -0.493 e. The molecule has 1 aromatic carbocycles. The third-order valence-electron chi connectivity index (χ3n) is 3.49.